The summed E-state index contributed by atoms with van der Waals surface area (Å²) in [5.74, 6) is 0.150. The zero-order valence-corrected chi connectivity index (χ0v) is 20.0. The lowest BCUT2D eigenvalue weighted by molar-refractivity contribution is -0.119. The highest BCUT2D eigenvalue weighted by Crippen LogP contribution is 2.28. The number of carbonyl (C=O) groups excluding carboxylic acids is 2. The Hall–Kier alpha value is -3.58. The zero-order chi connectivity index (χ0) is 24.1. The molecule has 0 aliphatic heterocycles. The van der Waals surface area contributed by atoms with E-state index in [9.17, 15) is 9.59 Å². The summed E-state index contributed by atoms with van der Waals surface area (Å²) >= 11 is 6.36. The number of amides is 2. The third-order valence-corrected chi connectivity index (χ3v) is 5.48. The molecule has 0 aliphatic carbocycles. The zero-order valence-electron chi connectivity index (χ0n) is 19.3. The predicted molar refractivity (Wildman–Crippen MR) is 132 cm³/mol. The summed E-state index contributed by atoms with van der Waals surface area (Å²) in [5, 5.41) is 10.3. The first kappa shape index (κ1) is 24.1. The van der Waals surface area contributed by atoms with E-state index in [1.165, 1.54) is 6.08 Å². The Morgan fingerprint density at radius 1 is 1.12 bits per heavy atom. The van der Waals surface area contributed by atoms with Crippen LogP contribution in [0.4, 0.5) is 11.4 Å². The summed E-state index contributed by atoms with van der Waals surface area (Å²) in [6.07, 6.45) is 1.50. The van der Waals surface area contributed by atoms with Gasteiger partial charge in [0.2, 0.25) is 11.8 Å². The van der Waals surface area contributed by atoms with Gasteiger partial charge in [0.15, 0.2) is 0 Å². The minimum absolute atomic E-state index is 0.241. The van der Waals surface area contributed by atoms with Gasteiger partial charge in [0.1, 0.15) is 11.8 Å². The van der Waals surface area contributed by atoms with Crippen LogP contribution in [0.5, 0.6) is 5.75 Å². The van der Waals surface area contributed by atoms with Gasteiger partial charge in [0.25, 0.3) is 0 Å². The summed E-state index contributed by atoms with van der Waals surface area (Å²) in [6.45, 7) is 7.39. The highest BCUT2D eigenvalue weighted by Gasteiger charge is 2.19. The van der Waals surface area contributed by atoms with E-state index in [0.717, 1.165) is 22.5 Å². The van der Waals surface area contributed by atoms with Crippen molar-refractivity contribution in [2.24, 2.45) is 0 Å². The van der Waals surface area contributed by atoms with Crippen LogP contribution in [-0.4, -0.2) is 28.7 Å². The Kier molecular flexibility index (Phi) is 7.55. The third kappa shape index (κ3) is 5.81. The number of methoxy groups -OCH3 is 1. The molecule has 0 fully saturated rings. The molecule has 1 atom stereocenters. The van der Waals surface area contributed by atoms with E-state index in [2.05, 4.69) is 15.7 Å². The average Bonchev–Trinajstić information content (AvgIpc) is 3.12. The maximum Gasteiger partial charge on any atom is 0.248 e. The van der Waals surface area contributed by atoms with Gasteiger partial charge in [-0.05, 0) is 63.6 Å². The number of halogens is 1. The molecule has 33 heavy (non-hydrogen) atoms. The molecular weight excluding hydrogens is 440 g/mol. The molecule has 1 unspecified atom stereocenters. The van der Waals surface area contributed by atoms with Crippen LogP contribution in [0.1, 0.15) is 36.8 Å². The molecule has 0 saturated carbocycles. The van der Waals surface area contributed by atoms with Gasteiger partial charge in [-0.1, -0.05) is 29.8 Å². The summed E-state index contributed by atoms with van der Waals surface area (Å²) < 4.78 is 7.02. The number of carbonyl (C=O) groups is 2. The molecule has 3 aromatic rings. The first-order valence-corrected chi connectivity index (χ1v) is 10.8. The van der Waals surface area contributed by atoms with Crippen molar-refractivity contribution in [3.63, 3.8) is 0 Å². The van der Waals surface area contributed by atoms with E-state index in [1.807, 2.05) is 51.1 Å². The van der Waals surface area contributed by atoms with Gasteiger partial charge in [-0.25, -0.2) is 0 Å². The lowest BCUT2D eigenvalue weighted by atomic mass is 10.1. The molecule has 2 N–H and O–H groups in total. The fourth-order valence-corrected chi connectivity index (χ4v) is 3.73. The molecule has 1 aromatic heterocycles. The second kappa shape index (κ2) is 10.4. The predicted octanol–water partition coefficient (Wildman–Crippen LogP) is 5.40. The number of allylic oxidation sites excluding steroid dienone is 1. The van der Waals surface area contributed by atoms with E-state index in [0.29, 0.717) is 22.1 Å². The van der Waals surface area contributed by atoms with Crippen molar-refractivity contribution in [3.05, 3.63) is 76.6 Å². The second-order valence-electron chi connectivity index (χ2n) is 7.75. The van der Waals surface area contributed by atoms with Gasteiger partial charge in [-0.2, -0.15) is 5.10 Å². The van der Waals surface area contributed by atoms with Gasteiger partial charge in [0.05, 0.1) is 23.5 Å². The van der Waals surface area contributed by atoms with Gasteiger partial charge in [-0.3, -0.25) is 14.3 Å². The SMILES string of the molecule is COc1ccccc1/C(C)=C/C(=O)Nc1ccc(NC(=O)C(C)n2nc(C)cc2C)c(Cl)c1. The molecule has 0 saturated heterocycles. The number of hydrogen-bond donors (Lipinski definition) is 2. The summed E-state index contributed by atoms with van der Waals surface area (Å²) in [5.41, 5.74) is 4.31. The summed E-state index contributed by atoms with van der Waals surface area (Å²) in [6, 6.07) is 13.8. The van der Waals surface area contributed by atoms with Crippen LogP contribution in [0.3, 0.4) is 0 Å². The number of para-hydroxylation sites is 1. The Labute approximate surface area is 198 Å². The standard InChI is InChI=1S/C25H27ClN4O3/c1-15(20-8-6-7-9-23(20)33-5)12-24(31)27-19-10-11-22(21(26)14-19)28-25(32)18(4)30-17(3)13-16(2)29-30/h6-14,18H,1-5H3,(H,27,31)(H,28,32)/b15-12+. The number of hydrogen-bond acceptors (Lipinski definition) is 4. The van der Waals surface area contributed by atoms with Crippen LogP contribution in [-0.2, 0) is 9.59 Å². The number of anilines is 2. The van der Waals surface area contributed by atoms with Crippen LogP contribution >= 0.6 is 11.6 Å². The molecule has 2 aromatic carbocycles. The van der Waals surface area contributed by atoms with E-state index < -0.39 is 6.04 Å². The highest BCUT2D eigenvalue weighted by molar-refractivity contribution is 6.34. The molecular formula is C25H27ClN4O3. The topological polar surface area (TPSA) is 85.3 Å². The van der Waals surface area contributed by atoms with Crippen LogP contribution < -0.4 is 15.4 Å². The molecule has 0 bridgehead atoms. The van der Waals surface area contributed by atoms with Crippen LogP contribution in [0.15, 0.2) is 54.6 Å². The smallest absolute Gasteiger partial charge is 0.248 e. The molecule has 7 nitrogen and oxygen atoms in total. The largest absolute Gasteiger partial charge is 0.496 e. The number of aromatic nitrogens is 2. The molecule has 2 amide bonds. The first-order valence-electron chi connectivity index (χ1n) is 10.5. The summed E-state index contributed by atoms with van der Waals surface area (Å²) in [7, 11) is 1.59. The van der Waals surface area contributed by atoms with E-state index in [-0.39, 0.29) is 11.8 Å². The average molecular weight is 467 g/mol. The van der Waals surface area contributed by atoms with Crippen molar-refractivity contribution in [2.75, 3.05) is 17.7 Å². The number of nitrogens with zero attached hydrogens (tertiary/aromatic N) is 2. The normalized spacial score (nSPS) is 12.2. The Morgan fingerprint density at radius 2 is 1.85 bits per heavy atom. The minimum atomic E-state index is -0.503. The molecule has 0 spiro atoms. The fourth-order valence-electron chi connectivity index (χ4n) is 3.50. The monoisotopic (exact) mass is 466 g/mol. The van der Waals surface area contributed by atoms with Gasteiger partial charge in [0, 0.05) is 23.0 Å². The lowest BCUT2D eigenvalue weighted by Gasteiger charge is -2.15. The number of ether oxygens (including phenoxy) is 1. The molecule has 8 heteroatoms. The molecule has 0 aliphatic rings. The van der Waals surface area contributed by atoms with E-state index in [4.69, 9.17) is 16.3 Å². The molecule has 172 valence electrons. The first-order chi connectivity index (χ1) is 15.7. The van der Waals surface area contributed by atoms with E-state index >= 15 is 0 Å². The molecule has 0 radical (unpaired) electrons. The van der Waals surface area contributed by atoms with Crippen molar-refractivity contribution < 1.29 is 14.3 Å². The highest BCUT2D eigenvalue weighted by atomic mass is 35.5. The van der Waals surface area contributed by atoms with Crippen molar-refractivity contribution in [1.29, 1.82) is 0 Å². The van der Waals surface area contributed by atoms with Crippen molar-refractivity contribution >= 4 is 40.4 Å². The van der Waals surface area contributed by atoms with Gasteiger partial charge in [-0.15, -0.1) is 0 Å². The molecule has 3 rings (SSSR count). The Morgan fingerprint density at radius 3 is 2.48 bits per heavy atom. The van der Waals surface area contributed by atoms with Gasteiger partial charge < -0.3 is 15.4 Å². The van der Waals surface area contributed by atoms with Crippen molar-refractivity contribution in [3.8, 4) is 5.75 Å². The van der Waals surface area contributed by atoms with Crippen LogP contribution in [0.25, 0.3) is 5.57 Å². The summed E-state index contributed by atoms with van der Waals surface area (Å²) in [4.78, 5) is 25.2. The van der Waals surface area contributed by atoms with Crippen molar-refractivity contribution in [1.82, 2.24) is 9.78 Å². The number of nitrogens with one attached hydrogen (secondary N) is 2. The number of benzene rings is 2. The van der Waals surface area contributed by atoms with E-state index in [1.54, 1.807) is 36.9 Å². The van der Waals surface area contributed by atoms with Crippen molar-refractivity contribution in [2.45, 2.75) is 33.7 Å². The molecule has 1 heterocycles. The fraction of sp³-hybridized carbons (Fsp3) is 0.240. The Bertz CT molecular complexity index is 1220. The van der Waals surface area contributed by atoms with Crippen LogP contribution in [0.2, 0.25) is 5.02 Å². The minimum Gasteiger partial charge on any atom is -0.496 e. The maximum atomic E-state index is 12.7. The lowest BCUT2D eigenvalue weighted by Crippen LogP contribution is -2.25. The van der Waals surface area contributed by atoms with Crippen LogP contribution in [0, 0.1) is 13.8 Å². The van der Waals surface area contributed by atoms with Gasteiger partial charge >= 0.3 is 0 Å². The third-order valence-electron chi connectivity index (χ3n) is 5.16. The number of aryl methyl sites for hydroxylation is 2. The maximum absolute atomic E-state index is 12.7. The quantitative estimate of drug-likeness (QED) is 0.456. The number of rotatable bonds is 7. The Balaban J connectivity index is 1.68. The second-order valence-corrected chi connectivity index (χ2v) is 8.16.